The van der Waals surface area contributed by atoms with Crippen LogP contribution in [0.5, 0.6) is 0 Å². The fraction of sp³-hybridized carbons (Fsp3) is 0.333. The Morgan fingerprint density at radius 3 is 2.55 bits per heavy atom. The Kier molecular flexibility index (Phi) is 5.35. The van der Waals surface area contributed by atoms with Crippen molar-refractivity contribution in [2.75, 3.05) is 26.2 Å². The van der Waals surface area contributed by atoms with Crippen molar-refractivity contribution in [3.05, 3.63) is 70.8 Å². The van der Waals surface area contributed by atoms with Gasteiger partial charge < -0.3 is 4.90 Å². The van der Waals surface area contributed by atoms with E-state index in [1.165, 1.54) is 17.7 Å². The zero-order valence-corrected chi connectivity index (χ0v) is 16.5. The van der Waals surface area contributed by atoms with Gasteiger partial charge in [0.1, 0.15) is 5.82 Å². The Labute approximate surface area is 168 Å². The number of piperazine rings is 1. The Hall–Kier alpha value is -3.13. The third-order valence-corrected chi connectivity index (χ3v) is 5.37. The molecular formula is C21H23FN6O. The highest BCUT2D eigenvalue weighted by Crippen LogP contribution is 2.15. The number of halogens is 1. The molecule has 1 aliphatic heterocycles. The van der Waals surface area contributed by atoms with Crippen LogP contribution in [-0.2, 0) is 6.54 Å². The van der Waals surface area contributed by atoms with Crippen LogP contribution in [0, 0.1) is 19.7 Å². The smallest absolute Gasteiger partial charge is 0.253 e. The Morgan fingerprint density at radius 2 is 1.83 bits per heavy atom. The van der Waals surface area contributed by atoms with Crippen LogP contribution in [0.25, 0.3) is 5.69 Å². The molecule has 2 heterocycles. The summed E-state index contributed by atoms with van der Waals surface area (Å²) in [6, 6.07) is 12.0. The van der Waals surface area contributed by atoms with Gasteiger partial charge in [0.05, 0.1) is 12.2 Å². The first-order chi connectivity index (χ1) is 14.0. The molecule has 8 heteroatoms. The number of carbonyl (C=O) groups excluding carboxylic acids is 1. The predicted molar refractivity (Wildman–Crippen MR) is 106 cm³/mol. The third-order valence-electron chi connectivity index (χ3n) is 5.37. The van der Waals surface area contributed by atoms with Gasteiger partial charge in [-0.2, -0.15) is 4.68 Å². The van der Waals surface area contributed by atoms with Crippen molar-refractivity contribution in [2.45, 2.75) is 20.4 Å². The maximum absolute atomic E-state index is 13.5. The number of carbonyl (C=O) groups is 1. The fourth-order valence-corrected chi connectivity index (χ4v) is 3.48. The molecule has 1 aromatic heterocycles. The molecule has 0 atom stereocenters. The van der Waals surface area contributed by atoms with Crippen molar-refractivity contribution in [3.8, 4) is 5.69 Å². The van der Waals surface area contributed by atoms with Gasteiger partial charge in [-0.1, -0.05) is 12.1 Å². The molecule has 0 unspecified atom stereocenters. The van der Waals surface area contributed by atoms with E-state index in [4.69, 9.17) is 0 Å². The highest BCUT2D eigenvalue weighted by Gasteiger charge is 2.24. The lowest BCUT2D eigenvalue weighted by molar-refractivity contribution is 0.0624. The second-order valence-corrected chi connectivity index (χ2v) is 7.35. The summed E-state index contributed by atoms with van der Waals surface area (Å²) < 4.78 is 15.1. The first-order valence-electron chi connectivity index (χ1n) is 9.63. The van der Waals surface area contributed by atoms with E-state index in [-0.39, 0.29) is 11.7 Å². The predicted octanol–water partition coefficient (Wildman–Crippen LogP) is 2.38. The van der Waals surface area contributed by atoms with Gasteiger partial charge >= 0.3 is 0 Å². The lowest BCUT2D eigenvalue weighted by atomic mass is 10.1. The summed E-state index contributed by atoms with van der Waals surface area (Å²) in [5, 5.41) is 11.8. The molecule has 0 saturated carbocycles. The molecule has 3 aromatic rings. The van der Waals surface area contributed by atoms with E-state index in [1.54, 1.807) is 16.8 Å². The SMILES string of the molecule is Cc1ccc(C(=O)N2CCN(Cc3nnnn3-c3cccc(F)c3)CC2)cc1C. The van der Waals surface area contributed by atoms with Crippen molar-refractivity contribution >= 4 is 5.91 Å². The number of benzene rings is 2. The number of hydrogen-bond donors (Lipinski definition) is 0. The summed E-state index contributed by atoms with van der Waals surface area (Å²) in [5.74, 6) is 0.379. The van der Waals surface area contributed by atoms with E-state index in [1.807, 2.05) is 36.9 Å². The topological polar surface area (TPSA) is 67.2 Å². The van der Waals surface area contributed by atoms with E-state index >= 15 is 0 Å². The van der Waals surface area contributed by atoms with Gasteiger partial charge in [0.25, 0.3) is 5.91 Å². The van der Waals surface area contributed by atoms with Crippen molar-refractivity contribution in [1.82, 2.24) is 30.0 Å². The van der Waals surface area contributed by atoms with Crippen molar-refractivity contribution in [1.29, 1.82) is 0 Å². The van der Waals surface area contributed by atoms with Crippen LogP contribution in [0.4, 0.5) is 4.39 Å². The van der Waals surface area contributed by atoms with Crippen molar-refractivity contribution in [2.24, 2.45) is 0 Å². The lowest BCUT2D eigenvalue weighted by Gasteiger charge is -2.34. The fourth-order valence-electron chi connectivity index (χ4n) is 3.48. The molecule has 1 aliphatic rings. The molecule has 0 bridgehead atoms. The minimum Gasteiger partial charge on any atom is -0.336 e. The van der Waals surface area contributed by atoms with E-state index < -0.39 is 0 Å². The van der Waals surface area contributed by atoms with Crippen LogP contribution in [0.1, 0.15) is 27.3 Å². The van der Waals surface area contributed by atoms with Crippen LogP contribution >= 0.6 is 0 Å². The first kappa shape index (κ1) is 19.2. The van der Waals surface area contributed by atoms with Gasteiger partial charge in [-0.25, -0.2) is 4.39 Å². The molecule has 1 fully saturated rings. The highest BCUT2D eigenvalue weighted by molar-refractivity contribution is 5.94. The van der Waals surface area contributed by atoms with Crippen molar-refractivity contribution in [3.63, 3.8) is 0 Å². The van der Waals surface area contributed by atoms with E-state index in [9.17, 15) is 9.18 Å². The molecule has 29 heavy (non-hydrogen) atoms. The minimum atomic E-state index is -0.331. The lowest BCUT2D eigenvalue weighted by Crippen LogP contribution is -2.48. The second kappa shape index (κ2) is 8.08. The third kappa shape index (κ3) is 4.17. The van der Waals surface area contributed by atoms with Gasteiger partial charge in [-0.15, -0.1) is 5.10 Å². The van der Waals surface area contributed by atoms with Gasteiger partial charge in [0.2, 0.25) is 0 Å². The summed E-state index contributed by atoms with van der Waals surface area (Å²) in [5.41, 5.74) is 3.63. The monoisotopic (exact) mass is 394 g/mol. The summed E-state index contributed by atoms with van der Waals surface area (Å²) in [4.78, 5) is 16.9. The molecular weight excluding hydrogens is 371 g/mol. The number of hydrogen-bond acceptors (Lipinski definition) is 5. The molecule has 7 nitrogen and oxygen atoms in total. The molecule has 1 amide bonds. The zero-order valence-electron chi connectivity index (χ0n) is 16.5. The van der Waals surface area contributed by atoms with Crippen molar-refractivity contribution < 1.29 is 9.18 Å². The van der Waals surface area contributed by atoms with Crippen LogP contribution in [-0.4, -0.2) is 62.1 Å². The average molecular weight is 394 g/mol. The van der Waals surface area contributed by atoms with Crippen LogP contribution in [0.3, 0.4) is 0 Å². The summed E-state index contributed by atoms with van der Waals surface area (Å²) in [6.45, 7) is 7.35. The second-order valence-electron chi connectivity index (χ2n) is 7.35. The van der Waals surface area contributed by atoms with E-state index in [0.717, 1.165) is 24.2 Å². The van der Waals surface area contributed by atoms with Gasteiger partial charge in [-0.05, 0) is 65.7 Å². The number of aromatic nitrogens is 4. The maximum atomic E-state index is 13.5. The van der Waals surface area contributed by atoms with E-state index in [2.05, 4.69) is 20.4 Å². The molecule has 2 aromatic carbocycles. The Morgan fingerprint density at radius 1 is 1.03 bits per heavy atom. The quantitative estimate of drug-likeness (QED) is 0.680. The number of amides is 1. The Bertz CT molecular complexity index is 1030. The molecule has 4 rings (SSSR count). The Balaban J connectivity index is 1.39. The summed E-state index contributed by atoms with van der Waals surface area (Å²) in [6.07, 6.45) is 0. The largest absolute Gasteiger partial charge is 0.336 e. The van der Waals surface area contributed by atoms with Crippen LogP contribution in [0.15, 0.2) is 42.5 Å². The number of tetrazole rings is 1. The van der Waals surface area contributed by atoms with Crippen LogP contribution in [0.2, 0.25) is 0 Å². The molecule has 0 aliphatic carbocycles. The van der Waals surface area contributed by atoms with Gasteiger partial charge in [0.15, 0.2) is 5.82 Å². The van der Waals surface area contributed by atoms with Gasteiger partial charge in [-0.3, -0.25) is 9.69 Å². The molecule has 150 valence electrons. The normalized spacial score (nSPS) is 14.9. The van der Waals surface area contributed by atoms with Crippen LogP contribution < -0.4 is 0 Å². The number of rotatable bonds is 4. The molecule has 1 saturated heterocycles. The highest BCUT2D eigenvalue weighted by atomic mass is 19.1. The van der Waals surface area contributed by atoms with Gasteiger partial charge in [0, 0.05) is 31.7 Å². The summed E-state index contributed by atoms with van der Waals surface area (Å²) >= 11 is 0. The first-order valence-corrected chi connectivity index (χ1v) is 9.63. The van der Waals surface area contributed by atoms with E-state index in [0.29, 0.717) is 31.1 Å². The maximum Gasteiger partial charge on any atom is 0.253 e. The minimum absolute atomic E-state index is 0.0670. The molecule has 0 N–H and O–H groups in total. The molecule has 0 radical (unpaired) electrons. The zero-order chi connectivity index (χ0) is 20.4. The average Bonchev–Trinajstić information content (AvgIpc) is 3.18. The standard InChI is InChI=1S/C21H23FN6O/c1-15-6-7-17(12-16(15)2)21(29)27-10-8-26(9-11-27)14-20-23-24-25-28(20)19-5-3-4-18(22)13-19/h3-7,12-13H,8-11,14H2,1-2H3. The number of aryl methyl sites for hydroxylation is 2. The summed E-state index contributed by atoms with van der Waals surface area (Å²) in [7, 11) is 0. The number of nitrogens with zero attached hydrogens (tertiary/aromatic N) is 6. The molecule has 0 spiro atoms.